The fraction of sp³-hybridized carbons (Fsp3) is 0.923. The van der Waals surface area contributed by atoms with Crippen LogP contribution in [0.15, 0.2) is 0 Å². The summed E-state index contributed by atoms with van der Waals surface area (Å²) < 4.78 is 5.10. The van der Waals surface area contributed by atoms with E-state index in [1.54, 1.807) is 7.11 Å². The van der Waals surface area contributed by atoms with Gasteiger partial charge in [-0.25, -0.2) is 0 Å². The number of hydrogen-bond acceptors (Lipinski definition) is 3. The second-order valence-electron chi connectivity index (χ2n) is 5.54. The first-order valence-electron chi connectivity index (χ1n) is 6.49. The van der Waals surface area contributed by atoms with Gasteiger partial charge < -0.3 is 15.8 Å². The molecule has 0 radical (unpaired) electrons. The Morgan fingerprint density at radius 3 is 2.59 bits per heavy atom. The van der Waals surface area contributed by atoms with Crippen LogP contribution in [-0.2, 0) is 9.53 Å². The van der Waals surface area contributed by atoms with Crippen molar-refractivity contribution in [2.24, 2.45) is 16.6 Å². The van der Waals surface area contributed by atoms with Crippen molar-refractivity contribution in [1.82, 2.24) is 5.32 Å². The summed E-state index contributed by atoms with van der Waals surface area (Å²) in [6, 6.07) is 0. The molecule has 1 saturated carbocycles. The highest BCUT2D eigenvalue weighted by Gasteiger charge is 2.43. The molecule has 0 aromatic carbocycles. The van der Waals surface area contributed by atoms with E-state index in [4.69, 9.17) is 10.5 Å². The monoisotopic (exact) mass is 242 g/mol. The van der Waals surface area contributed by atoms with Crippen molar-refractivity contribution in [2.75, 3.05) is 26.8 Å². The van der Waals surface area contributed by atoms with E-state index in [9.17, 15) is 4.79 Å². The minimum Gasteiger partial charge on any atom is -0.385 e. The molecule has 1 fully saturated rings. The molecule has 0 aromatic heterocycles. The Hall–Kier alpha value is -0.610. The maximum absolute atomic E-state index is 12.1. The summed E-state index contributed by atoms with van der Waals surface area (Å²) in [6.45, 7) is 5.88. The molecule has 0 saturated heterocycles. The number of methoxy groups -OCH3 is 1. The summed E-state index contributed by atoms with van der Waals surface area (Å²) >= 11 is 0. The Morgan fingerprint density at radius 2 is 2.18 bits per heavy atom. The van der Waals surface area contributed by atoms with E-state index in [1.165, 1.54) is 12.8 Å². The molecule has 1 aliphatic rings. The number of nitrogens with two attached hydrogens (primary N) is 1. The predicted molar refractivity (Wildman–Crippen MR) is 68.6 cm³/mol. The van der Waals surface area contributed by atoms with Crippen molar-refractivity contribution >= 4 is 5.91 Å². The standard InChI is InChI=1S/C13H26N2O2/c1-4-12(2,9-14)11(16)15-10-13(5-6-13)7-8-17-3/h4-10,14H2,1-3H3,(H,15,16). The molecule has 0 spiro atoms. The highest BCUT2D eigenvalue weighted by molar-refractivity contribution is 5.82. The van der Waals surface area contributed by atoms with Crippen LogP contribution in [0.2, 0.25) is 0 Å². The summed E-state index contributed by atoms with van der Waals surface area (Å²) in [5, 5.41) is 3.06. The van der Waals surface area contributed by atoms with Crippen LogP contribution < -0.4 is 11.1 Å². The van der Waals surface area contributed by atoms with E-state index in [-0.39, 0.29) is 5.91 Å². The van der Waals surface area contributed by atoms with E-state index in [0.717, 1.165) is 26.0 Å². The summed E-state index contributed by atoms with van der Waals surface area (Å²) in [5.41, 5.74) is 5.55. The number of ether oxygens (including phenoxy) is 1. The molecule has 0 aromatic rings. The van der Waals surface area contributed by atoms with Gasteiger partial charge in [0.2, 0.25) is 5.91 Å². The first kappa shape index (κ1) is 14.5. The molecule has 1 atom stereocenters. The average Bonchev–Trinajstić information content (AvgIpc) is 3.13. The van der Waals surface area contributed by atoms with Crippen LogP contribution in [0.4, 0.5) is 0 Å². The van der Waals surface area contributed by atoms with Gasteiger partial charge in [0.15, 0.2) is 0 Å². The number of nitrogens with one attached hydrogen (secondary N) is 1. The number of amides is 1. The summed E-state index contributed by atoms with van der Waals surface area (Å²) in [6.07, 6.45) is 4.21. The van der Waals surface area contributed by atoms with Crippen molar-refractivity contribution in [3.05, 3.63) is 0 Å². The van der Waals surface area contributed by atoms with Crippen LogP contribution in [-0.4, -0.2) is 32.7 Å². The van der Waals surface area contributed by atoms with Gasteiger partial charge in [-0.2, -0.15) is 0 Å². The van der Waals surface area contributed by atoms with Gasteiger partial charge in [0.1, 0.15) is 0 Å². The first-order chi connectivity index (χ1) is 8.02. The minimum absolute atomic E-state index is 0.0891. The Balaban J connectivity index is 2.38. The quantitative estimate of drug-likeness (QED) is 0.674. The van der Waals surface area contributed by atoms with E-state index in [2.05, 4.69) is 5.32 Å². The molecule has 0 heterocycles. The van der Waals surface area contributed by atoms with Crippen LogP contribution in [0, 0.1) is 10.8 Å². The molecule has 3 N–H and O–H groups in total. The fourth-order valence-electron chi connectivity index (χ4n) is 1.89. The molecule has 1 unspecified atom stereocenters. The number of carbonyl (C=O) groups excluding carboxylic acids is 1. The first-order valence-corrected chi connectivity index (χ1v) is 6.49. The van der Waals surface area contributed by atoms with Crippen molar-refractivity contribution in [3.63, 3.8) is 0 Å². The lowest BCUT2D eigenvalue weighted by Crippen LogP contribution is -2.45. The van der Waals surface area contributed by atoms with Gasteiger partial charge in [-0.3, -0.25) is 4.79 Å². The van der Waals surface area contributed by atoms with Gasteiger partial charge >= 0.3 is 0 Å². The van der Waals surface area contributed by atoms with Gasteiger partial charge in [-0.1, -0.05) is 6.92 Å². The summed E-state index contributed by atoms with van der Waals surface area (Å²) in [7, 11) is 1.72. The maximum Gasteiger partial charge on any atom is 0.227 e. The third-order valence-corrected chi connectivity index (χ3v) is 4.20. The van der Waals surface area contributed by atoms with E-state index in [1.807, 2.05) is 13.8 Å². The second kappa shape index (κ2) is 5.83. The molecule has 1 amide bonds. The highest BCUT2D eigenvalue weighted by Crippen LogP contribution is 2.48. The summed E-state index contributed by atoms with van der Waals surface area (Å²) in [4.78, 5) is 12.1. The lowest BCUT2D eigenvalue weighted by molar-refractivity contribution is -0.130. The lowest BCUT2D eigenvalue weighted by atomic mass is 9.86. The second-order valence-corrected chi connectivity index (χ2v) is 5.54. The predicted octanol–water partition coefficient (Wildman–Crippen LogP) is 1.29. The number of rotatable bonds is 8. The minimum atomic E-state index is -0.419. The molecule has 4 nitrogen and oxygen atoms in total. The Labute approximate surface area is 104 Å². The normalized spacial score (nSPS) is 20.7. The Morgan fingerprint density at radius 1 is 1.53 bits per heavy atom. The molecule has 0 bridgehead atoms. The fourth-order valence-corrected chi connectivity index (χ4v) is 1.89. The molecule has 17 heavy (non-hydrogen) atoms. The molecule has 1 rings (SSSR count). The van der Waals surface area contributed by atoms with Crippen molar-refractivity contribution < 1.29 is 9.53 Å². The van der Waals surface area contributed by atoms with Gasteiger partial charge in [-0.15, -0.1) is 0 Å². The lowest BCUT2D eigenvalue weighted by Gasteiger charge is -2.26. The smallest absolute Gasteiger partial charge is 0.227 e. The van der Waals surface area contributed by atoms with Crippen LogP contribution in [0.25, 0.3) is 0 Å². The zero-order valence-corrected chi connectivity index (χ0v) is 11.3. The van der Waals surface area contributed by atoms with Crippen molar-refractivity contribution in [3.8, 4) is 0 Å². The molecular formula is C13H26N2O2. The third kappa shape index (κ3) is 3.68. The average molecular weight is 242 g/mol. The third-order valence-electron chi connectivity index (χ3n) is 4.20. The van der Waals surface area contributed by atoms with Crippen LogP contribution in [0.5, 0.6) is 0 Å². The Bertz CT molecular complexity index is 258. The van der Waals surface area contributed by atoms with Gasteiger partial charge in [0, 0.05) is 26.8 Å². The van der Waals surface area contributed by atoms with E-state index >= 15 is 0 Å². The van der Waals surface area contributed by atoms with Crippen molar-refractivity contribution in [2.45, 2.75) is 39.5 Å². The summed E-state index contributed by atoms with van der Waals surface area (Å²) in [5.74, 6) is 0.0891. The molecule has 0 aliphatic heterocycles. The molecule has 4 heteroatoms. The van der Waals surface area contributed by atoms with Gasteiger partial charge in [-0.05, 0) is 38.0 Å². The topological polar surface area (TPSA) is 64.4 Å². The molecule has 100 valence electrons. The molecular weight excluding hydrogens is 216 g/mol. The zero-order valence-electron chi connectivity index (χ0n) is 11.3. The number of hydrogen-bond donors (Lipinski definition) is 2. The van der Waals surface area contributed by atoms with Crippen molar-refractivity contribution in [1.29, 1.82) is 0 Å². The maximum atomic E-state index is 12.1. The largest absolute Gasteiger partial charge is 0.385 e. The van der Waals surface area contributed by atoms with Gasteiger partial charge in [0.05, 0.1) is 5.41 Å². The van der Waals surface area contributed by atoms with E-state index in [0.29, 0.717) is 12.0 Å². The highest BCUT2D eigenvalue weighted by atomic mass is 16.5. The Kier molecular flexibility index (Phi) is 4.95. The van der Waals surface area contributed by atoms with Crippen LogP contribution >= 0.6 is 0 Å². The number of carbonyl (C=O) groups is 1. The zero-order chi connectivity index (χ0) is 12.9. The van der Waals surface area contributed by atoms with E-state index < -0.39 is 5.41 Å². The van der Waals surface area contributed by atoms with Crippen LogP contribution in [0.3, 0.4) is 0 Å². The van der Waals surface area contributed by atoms with Crippen LogP contribution in [0.1, 0.15) is 39.5 Å². The SMILES string of the molecule is CCC(C)(CN)C(=O)NCC1(CCOC)CC1. The molecule has 1 aliphatic carbocycles. The van der Waals surface area contributed by atoms with Gasteiger partial charge in [0.25, 0.3) is 0 Å².